The van der Waals surface area contributed by atoms with Crippen LogP contribution >= 0.6 is 0 Å². The molecule has 62 valence electrons. The molecule has 3 nitrogen and oxygen atoms in total. The molecule has 1 saturated carbocycles. The molecular weight excluding hydrogens is 154 g/mol. The van der Waals surface area contributed by atoms with Crippen molar-refractivity contribution in [3.8, 4) is 0 Å². The lowest BCUT2D eigenvalue weighted by Gasteiger charge is -1.94. The fourth-order valence-corrected chi connectivity index (χ4v) is 1.43. The summed E-state index contributed by atoms with van der Waals surface area (Å²) in [6.45, 7) is 0. The summed E-state index contributed by atoms with van der Waals surface area (Å²) in [5.74, 6) is -0.658. The van der Waals surface area contributed by atoms with Crippen molar-refractivity contribution in [2.75, 3.05) is 0 Å². The maximum atomic E-state index is 10.5. The van der Waals surface area contributed by atoms with E-state index < -0.39 is 5.97 Å². The molecule has 12 heavy (non-hydrogen) atoms. The van der Waals surface area contributed by atoms with Crippen molar-refractivity contribution < 1.29 is 9.90 Å². The zero-order valence-electron chi connectivity index (χ0n) is 6.47. The third kappa shape index (κ3) is 1.18. The molecule has 0 aliphatic heterocycles. The summed E-state index contributed by atoms with van der Waals surface area (Å²) < 4.78 is 0. The quantitative estimate of drug-likeness (QED) is 0.714. The Morgan fingerprint density at radius 2 is 2.50 bits per heavy atom. The first-order valence-corrected chi connectivity index (χ1v) is 3.92. The van der Waals surface area contributed by atoms with Crippen LogP contribution in [0.4, 0.5) is 0 Å². The Morgan fingerprint density at radius 1 is 1.67 bits per heavy atom. The SMILES string of the molecule is O=C(O)[C@H]1C[C@H]1c1cccnc1. The van der Waals surface area contributed by atoms with E-state index in [1.54, 1.807) is 12.4 Å². The van der Waals surface area contributed by atoms with Gasteiger partial charge < -0.3 is 5.11 Å². The number of pyridine rings is 1. The molecule has 1 aromatic heterocycles. The van der Waals surface area contributed by atoms with Gasteiger partial charge in [-0.1, -0.05) is 6.07 Å². The summed E-state index contributed by atoms with van der Waals surface area (Å²) in [5.41, 5.74) is 1.05. The average Bonchev–Trinajstić information content (AvgIpc) is 2.84. The van der Waals surface area contributed by atoms with Crippen LogP contribution < -0.4 is 0 Å². The first-order valence-electron chi connectivity index (χ1n) is 3.92. The van der Waals surface area contributed by atoms with Crippen LogP contribution in [0.5, 0.6) is 0 Å². The number of carboxylic acids is 1. The number of carbonyl (C=O) groups is 1. The molecule has 0 spiro atoms. The number of aromatic nitrogens is 1. The third-order valence-corrected chi connectivity index (χ3v) is 2.22. The van der Waals surface area contributed by atoms with Gasteiger partial charge in [-0.3, -0.25) is 9.78 Å². The molecule has 1 aliphatic rings. The van der Waals surface area contributed by atoms with E-state index in [1.165, 1.54) is 0 Å². The molecule has 1 fully saturated rings. The predicted octanol–water partition coefficient (Wildman–Crippen LogP) is 1.27. The van der Waals surface area contributed by atoms with Crippen molar-refractivity contribution in [2.24, 2.45) is 5.92 Å². The summed E-state index contributed by atoms with van der Waals surface area (Å²) in [6, 6.07) is 3.77. The van der Waals surface area contributed by atoms with Gasteiger partial charge in [0.1, 0.15) is 0 Å². The van der Waals surface area contributed by atoms with Crippen LogP contribution in [0.2, 0.25) is 0 Å². The summed E-state index contributed by atoms with van der Waals surface area (Å²) in [6.07, 6.45) is 4.20. The highest BCUT2D eigenvalue weighted by molar-refractivity contribution is 5.75. The van der Waals surface area contributed by atoms with Gasteiger partial charge in [0.05, 0.1) is 5.92 Å². The summed E-state index contributed by atoms with van der Waals surface area (Å²) >= 11 is 0. The predicted molar refractivity (Wildman–Crippen MR) is 42.7 cm³/mol. The van der Waals surface area contributed by atoms with E-state index >= 15 is 0 Å². The van der Waals surface area contributed by atoms with E-state index in [2.05, 4.69) is 4.98 Å². The van der Waals surface area contributed by atoms with E-state index in [0.717, 1.165) is 12.0 Å². The van der Waals surface area contributed by atoms with Gasteiger partial charge in [0.15, 0.2) is 0 Å². The Labute approximate surface area is 70.1 Å². The fourth-order valence-electron chi connectivity index (χ4n) is 1.43. The monoisotopic (exact) mass is 163 g/mol. The lowest BCUT2D eigenvalue weighted by atomic mass is 10.1. The van der Waals surface area contributed by atoms with Crippen molar-refractivity contribution in [3.63, 3.8) is 0 Å². The molecule has 0 amide bonds. The van der Waals surface area contributed by atoms with Gasteiger partial charge in [0, 0.05) is 12.4 Å². The largest absolute Gasteiger partial charge is 0.481 e. The van der Waals surface area contributed by atoms with Crippen LogP contribution in [0.1, 0.15) is 17.9 Å². The Kier molecular flexibility index (Phi) is 1.57. The summed E-state index contributed by atoms with van der Waals surface area (Å²) in [5, 5.41) is 8.66. The van der Waals surface area contributed by atoms with Crippen LogP contribution in [0.25, 0.3) is 0 Å². The van der Waals surface area contributed by atoms with Crippen molar-refractivity contribution in [1.29, 1.82) is 0 Å². The molecule has 0 radical (unpaired) electrons. The van der Waals surface area contributed by atoms with Gasteiger partial charge in [-0.15, -0.1) is 0 Å². The molecule has 2 atom stereocenters. The van der Waals surface area contributed by atoms with Crippen molar-refractivity contribution in [2.45, 2.75) is 12.3 Å². The summed E-state index contributed by atoms with van der Waals surface area (Å²) in [4.78, 5) is 14.5. The second-order valence-corrected chi connectivity index (χ2v) is 3.07. The number of carboxylic acid groups (broad SMARTS) is 1. The number of nitrogens with zero attached hydrogens (tertiary/aromatic N) is 1. The van der Waals surface area contributed by atoms with Gasteiger partial charge in [0.25, 0.3) is 0 Å². The highest BCUT2D eigenvalue weighted by Crippen LogP contribution is 2.47. The smallest absolute Gasteiger partial charge is 0.307 e. The lowest BCUT2D eigenvalue weighted by molar-refractivity contribution is -0.138. The Balaban J connectivity index is 2.11. The van der Waals surface area contributed by atoms with Crippen LogP contribution in [0, 0.1) is 5.92 Å². The number of hydrogen-bond donors (Lipinski definition) is 1. The minimum absolute atomic E-state index is 0.172. The van der Waals surface area contributed by atoms with E-state index in [4.69, 9.17) is 5.11 Å². The zero-order chi connectivity index (χ0) is 8.55. The minimum Gasteiger partial charge on any atom is -0.481 e. The average molecular weight is 163 g/mol. The van der Waals surface area contributed by atoms with Crippen LogP contribution in [-0.4, -0.2) is 16.1 Å². The maximum Gasteiger partial charge on any atom is 0.307 e. The number of rotatable bonds is 2. The van der Waals surface area contributed by atoms with Crippen molar-refractivity contribution >= 4 is 5.97 Å². The molecule has 0 aromatic carbocycles. The Morgan fingerprint density at radius 3 is 3.00 bits per heavy atom. The van der Waals surface area contributed by atoms with E-state index in [1.807, 2.05) is 12.1 Å². The highest BCUT2D eigenvalue weighted by atomic mass is 16.4. The normalized spacial score (nSPS) is 26.7. The Bertz CT molecular complexity index is 297. The second-order valence-electron chi connectivity index (χ2n) is 3.07. The van der Waals surface area contributed by atoms with E-state index in [9.17, 15) is 4.79 Å². The standard InChI is InChI=1S/C9H9NO2/c11-9(12)8-4-7(8)6-2-1-3-10-5-6/h1-3,5,7-8H,4H2,(H,11,12)/t7-,8-/m0/s1. The Hall–Kier alpha value is -1.38. The molecule has 0 bridgehead atoms. The molecule has 1 aromatic rings. The minimum atomic E-state index is -0.691. The molecule has 1 N–H and O–H groups in total. The second kappa shape index (κ2) is 2.59. The van der Waals surface area contributed by atoms with Gasteiger partial charge >= 0.3 is 5.97 Å². The van der Waals surface area contributed by atoms with Crippen molar-refractivity contribution in [1.82, 2.24) is 4.98 Å². The first-order chi connectivity index (χ1) is 5.79. The topological polar surface area (TPSA) is 50.2 Å². The molecular formula is C9H9NO2. The maximum absolute atomic E-state index is 10.5. The first kappa shape index (κ1) is 7.28. The molecule has 1 heterocycles. The lowest BCUT2D eigenvalue weighted by Crippen LogP contribution is -1.98. The van der Waals surface area contributed by atoms with Gasteiger partial charge in [0.2, 0.25) is 0 Å². The van der Waals surface area contributed by atoms with Gasteiger partial charge in [-0.2, -0.15) is 0 Å². The van der Waals surface area contributed by atoms with Crippen LogP contribution in [0.15, 0.2) is 24.5 Å². The fraction of sp³-hybridized carbons (Fsp3) is 0.333. The van der Waals surface area contributed by atoms with Gasteiger partial charge in [-0.25, -0.2) is 0 Å². The van der Waals surface area contributed by atoms with Crippen LogP contribution in [-0.2, 0) is 4.79 Å². The molecule has 1 aliphatic carbocycles. The van der Waals surface area contributed by atoms with E-state index in [0.29, 0.717) is 0 Å². The summed E-state index contributed by atoms with van der Waals surface area (Å²) in [7, 11) is 0. The molecule has 0 saturated heterocycles. The number of aliphatic carboxylic acids is 1. The highest BCUT2D eigenvalue weighted by Gasteiger charge is 2.44. The van der Waals surface area contributed by atoms with Gasteiger partial charge in [-0.05, 0) is 24.0 Å². The third-order valence-electron chi connectivity index (χ3n) is 2.22. The zero-order valence-corrected chi connectivity index (χ0v) is 6.47. The van der Waals surface area contributed by atoms with Crippen LogP contribution in [0.3, 0.4) is 0 Å². The molecule has 2 rings (SSSR count). The number of hydrogen-bond acceptors (Lipinski definition) is 2. The molecule has 3 heteroatoms. The van der Waals surface area contributed by atoms with Crippen molar-refractivity contribution in [3.05, 3.63) is 30.1 Å². The van der Waals surface area contributed by atoms with E-state index in [-0.39, 0.29) is 11.8 Å². The molecule has 0 unspecified atom stereocenters.